The van der Waals surface area contributed by atoms with Crippen LogP contribution in [0.2, 0.25) is 0 Å². The SMILES string of the molecule is CC(C)(C)c1cc(-c2ccccc2)[o+]c(-c2ccccc2)c1. The van der Waals surface area contributed by atoms with E-state index in [4.69, 9.17) is 4.42 Å². The van der Waals surface area contributed by atoms with E-state index in [-0.39, 0.29) is 5.41 Å². The summed E-state index contributed by atoms with van der Waals surface area (Å²) >= 11 is 0. The topological polar surface area (TPSA) is 11.3 Å². The van der Waals surface area contributed by atoms with E-state index in [1.807, 2.05) is 36.4 Å². The second kappa shape index (κ2) is 5.76. The highest BCUT2D eigenvalue weighted by molar-refractivity contribution is 5.64. The second-order valence-electron chi connectivity index (χ2n) is 6.56. The summed E-state index contributed by atoms with van der Waals surface area (Å²) in [6.45, 7) is 6.68. The predicted octanol–water partition coefficient (Wildman–Crippen LogP) is 6.19. The third-order valence-corrected chi connectivity index (χ3v) is 3.78. The molecule has 3 aromatic rings. The zero-order valence-corrected chi connectivity index (χ0v) is 13.3. The molecule has 0 bridgehead atoms. The Labute approximate surface area is 132 Å². The van der Waals surface area contributed by atoms with Crippen LogP contribution in [0.3, 0.4) is 0 Å². The van der Waals surface area contributed by atoms with Gasteiger partial charge in [0.15, 0.2) is 0 Å². The van der Waals surface area contributed by atoms with Crippen molar-refractivity contribution in [2.45, 2.75) is 26.2 Å². The zero-order valence-electron chi connectivity index (χ0n) is 13.3. The lowest BCUT2D eigenvalue weighted by atomic mass is 9.86. The molecule has 0 N–H and O–H groups in total. The lowest BCUT2D eigenvalue weighted by Crippen LogP contribution is -2.11. The van der Waals surface area contributed by atoms with Gasteiger partial charge in [-0.15, -0.1) is 0 Å². The Morgan fingerprint density at radius 2 is 1.05 bits per heavy atom. The summed E-state index contributed by atoms with van der Waals surface area (Å²) in [5.41, 5.74) is 3.55. The maximum atomic E-state index is 6.19. The highest BCUT2D eigenvalue weighted by atomic mass is 16.3. The summed E-state index contributed by atoms with van der Waals surface area (Å²) in [5, 5.41) is 0. The van der Waals surface area contributed by atoms with E-state index in [0.29, 0.717) is 0 Å². The second-order valence-corrected chi connectivity index (χ2v) is 6.56. The fraction of sp³-hybridized carbons (Fsp3) is 0.190. The van der Waals surface area contributed by atoms with Crippen molar-refractivity contribution in [3.05, 3.63) is 78.4 Å². The molecule has 22 heavy (non-hydrogen) atoms. The van der Waals surface area contributed by atoms with Crippen molar-refractivity contribution < 1.29 is 4.42 Å². The third-order valence-electron chi connectivity index (χ3n) is 3.78. The molecule has 0 unspecified atom stereocenters. The molecule has 0 spiro atoms. The van der Waals surface area contributed by atoms with Gasteiger partial charge < -0.3 is 0 Å². The zero-order chi connectivity index (χ0) is 15.6. The summed E-state index contributed by atoms with van der Waals surface area (Å²) in [4.78, 5) is 0. The van der Waals surface area contributed by atoms with Gasteiger partial charge in [-0.25, -0.2) is 4.42 Å². The van der Waals surface area contributed by atoms with E-state index in [9.17, 15) is 0 Å². The predicted molar refractivity (Wildman–Crippen MR) is 92.7 cm³/mol. The van der Waals surface area contributed by atoms with Gasteiger partial charge >= 0.3 is 11.5 Å². The molecule has 1 nitrogen and oxygen atoms in total. The molecule has 0 atom stereocenters. The van der Waals surface area contributed by atoms with Crippen LogP contribution >= 0.6 is 0 Å². The molecule has 1 heterocycles. The van der Waals surface area contributed by atoms with Gasteiger partial charge in [-0.1, -0.05) is 57.2 Å². The monoisotopic (exact) mass is 289 g/mol. The van der Waals surface area contributed by atoms with Crippen LogP contribution in [0.1, 0.15) is 26.3 Å². The molecule has 0 saturated heterocycles. The highest BCUT2D eigenvalue weighted by Crippen LogP contribution is 2.33. The largest absolute Gasteiger partial charge is 0.361 e. The van der Waals surface area contributed by atoms with E-state index >= 15 is 0 Å². The Morgan fingerprint density at radius 1 is 0.636 bits per heavy atom. The molecule has 0 amide bonds. The molecule has 0 aliphatic rings. The summed E-state index contributed by atoms with van der Waals surface area (Å²) < 4.78 is 6.19. The van der Waals surface area contributed by atoms with Crippen LogP contribution in [0.25, 0.3) is 22.6 Å². The van der Waals surface area contributed by atoms with Crippen molar-refractivity contribution in [2.75, 3.05) is 0 Å². The Balaban J connectivity index is 2.19. The minimum absolute atomic E-state index is 0.0733. The van der Waals surface area contributed by atoms with Crippen molar-refractivity contribution in [1.82, 2.24) is 0 Å². The molecule has 1 aromatic heterocycles. The number of hydrogen-bond acceptors (Lipinski definition) is 0. The Hall–Kier alpha value is -2.41. The van der Waals surface area contributed by atoms with Gasteiger partial charge in [0.25, 0.3) is 0 Å². The summed E-state index contributed by atoms with van der Waals surface area (Å²) in [5.74, 6) is 1.82. The van der Waals surface area contributed by atoms with Gasteiger partial charge in [-0.05, 0) is 35.2 Å². The first-order valence-electron chi connectivity index (χ1n) is 7.63. The third kappa shape index (κ3) is 3.09. The van der Waals surface area contributed by atoms with Crippen LogP contribution in [0.4, 0.5) is 0 Å². The van der Waals surface area contributed by atoms with E-state index in [1.165, 1.54) is 5.56 Å². The van der Waals surface area contributed by atoms with Crippen LogP contribution in [-0.4, -0.2) is 0 Å². The first kappa shape index (κ1) is 14.5. The Bertz CT molecular complexity index is 695. The number of hydrogen-bond donors (Lipinski definition) is 0. The molecule has 110 valence electrons. The number of rotatable bonds is 2. The van der Waals surface area contributed by atoms with Crippen molar-refractivity contribution in [3.8, 4) is 22.6 Å². The van der Waals surface area contributed by atoms with E-state index in [0.717, 1.165) is 22.6 Å². The standard InChI is InChI=1S/C21H21O/c1-21(2,3)18-14-19(16-10-6-4-7-11-16)22-20(15-18)17-12-8-5-9-13-17/h4-15H,1-3H3/q+1. The van der Waals surface area contributed by atoms with Gasteiger partial charge in [0.1, 0.15) is 0 Å². The van der Waals surface area contributed by atoms with Gasteiger partial charge in [0, 0.05) is 12.1 Å². The fourth-order valence-corrected chi connectivity index (χ4v) is 2.42. The normalized spacial score (nSPS) is 11.4. The minimum Gasteiger partial charge on any atom is -0.207 e. The maximum Gasteiger partial charge on any atom is 0.361 e. The van der Waals surface area contributed by atoms with Crippen LogP contribution in [0, 0.1) is 0 Å². The molecule has 0 aliphatic carbocycles. The molecule has 3 rings (SSSR count). The first-order valence-corrected chi connectivity index (χ1v) is 7.63. The average molecular weight is 289 g/mol. The smallest absolute Gasteiger partial charge is 0.207 e. The van der Waals surface area contributed by atoms with Crippen molar-refractivity contribution in [2.24, 2.45) is 0 Å². The maximum absolute atomic E-state index is 6.19. The summed E-state index contributed by atoms with van der Waals surface area (Å²) in [7, 11) is 0. The van der Waals surface area contributed by atoms with Gasteiger partial charge in [0.05, 0.1) is 11.1 Å². The first-order chi connectivity index (χ1) is 10.5. The van der Waals surface area contributed by atoms with Crippen molar-refractivity contribution in [1.29, 1.82) is 0 Å². The fourth-order valence-electron chi connectivity index (χ4n) is 2.42. The quantitative estimate of drug-likeness (QED) is 0.512. The summed E-state index contributed by atoms with van der Waals surface area (Å²) in [6.07, 6.45) is 0. The van der Waals surface area contributed by atoms with Gasteiger partial charge in [-0.3, -0.25) is 0 Å². The van der Waals surface area contributed by atoms with E-state index in [2.05, 4.69) is 57.2 Å². The average Bonchev–Trinajstić information content (AvgIpc) is 2.55. The molecule has 1 heteroatoms. The lowest BCUT2D eigenvalue weighted by Gasteiger charge is -2.17. The Kier molecular flexibility index (Phi) is 3.81. The molecule has 0 fully saturated rings. The molecule has 2 aromatic carbocycles. The number of benzene rings is 2. The van der Waals surface area contributed by atoms with Gasteiger partial charge in [0.2, 0.25) is 0 Å². The molecule has 0 radical (unpaired) electrons. The molecular formula is C21H21O+. The van der Waals surface area contributed by atoms with Crippen molar-refractivity contribution >= 4 is 0 Å². The lowest BCUT2D eigenvalue weighted by molar-refractivity contribution is 0.550. The minimum atomic E-state index is 0.0733. The van der Waals surface area contributed by atoms with Crippen LogP contribution in [0.15, 0.2) is 77.2 Å². The van der Waals surface area contributed by atoms with Crippen LogP contribution < -0.4 is 0 Å². The Morgan fingerprint density at radius 3 is 1.41 bits per heavy atom. The molecular weight excluding hydrogens is 268 g/mol. The molecule has 0 aliphatic heterocycles. The van der Waals surface area contributed by atoms with Crippen LogP contribution in [-0.2, 0) is 5.41 Å². The van der Waals surface area contributed by atoms with Gasteiger partial charge in [-0.2, -0.15) is 0 Å². The van der Waals surface area contributed by atoms with Crippen molar-refractivity contribution in [3.63, 3.8) is 0 Å². The van der Waals surface area contributed by atoms with E-state index in [1.54, 1.807) is 0 Å². The highest BCUT2D eigenvalue weighted by Gasteiger charge is 2.24. The van der Waals surface area contributed by atoms with Crippen LogP contribution in [0.5, 0.6) is 0 Å². The van der Waals surface area contributed by atoms with E-state index < -0.39 is 0 Å². The summed E-state index contributed by atoms with van der Waals surface area (Å²) in [6, 6.07) is 24.8. The molecule has 0 saturated carbocycles.